The lowest BCUT2D eigenvalue weighted by atomic mass is 10.1. The molecule has 2 amide bonds. The van der Waals surface area contributed by atoms with Gasteiger partial charge < -0.3 is 10.2 Å². The second-order valence-electron chi connectivity index (χ2n) is 5.81. The van der Waals surface area contributed by atoms with E-state index in [2.05, 4.69) is 37.4 Å². The van der Waals surface area contributed by atoms with Gasteiger partial charge in [-0.15, -0.1) is 11.8 Å². The molecule has 0 radical (unpaired) electrons. The number of nitrogens with zero attached hydrogens (tertiary/aromatic N) is 1. The summed E-state index contributed by atoms with van der Waals surface area (Å²) in [6, 6.07) is 11.4. The first-order valence-electron chi connectivity index (χ1n) is 7.68. The second kappa shape index (κ2) is 7.26. The minimum absolute atomic E-state index is 0.0172. The number of aryl methyl sites for hydroxylation is 2. The number of hydrogen-bond acceptors (Lipinski definition) is 2. The lowest BCUT2D eigenvalue weighted by Crippen LogP contribution is -2.34. The van der Waals surface area contributed by atoms with E-state index < -0.39 is 0 Å². The maximum Gasteiger partial charge on any atom is 0.323 e. The maximum atomic E-state index is 12.7. The fourth-order valence-electron chi connectivity index (χ4n) is 2.83. The van der Waals surface area contributed by atoms with E-state index in [1.54, 1.807) is 30.0 Å². The molecule has 0 aliphatic carbocycles. The molecule has 1 heterocycles. The van der Waals surface area contributed by atoms with Gasteiger partial charge in [0, 0.05) is 12.3 Å². The smallest absolute Gasteiger partial charge is 0.308 e. The Balaban J connectivity index is 1.82. The predicted octanol–water partition coefficient (Wildman–Crippen LogP) is 5.89. The summed E-state index contributed by atoms with van der Waals surface area (Å²) in [5.41, 5.74) is 4.13. The van der Waals surface area contributed by atoms with Crippen LogP contribution in [0.25, 0.3) is 0 Å². The van der Waals surface area contributed by atoms with Crippen molar-refractivity contribution in [3.05, 3.63) is 63.1 Å². The standard InChI is InChI=1S/C18H18Cl2N2OS/c1-11-6-7-13(12(2)10-11)17-22(8-9-24-17)18(23)21-15-5-3-4-14(19)16(15)20/h3-7,10,17H,8-9H2,1-2H3,(H,21,23). The number of hydrogen-bond donors (Lipinski definition) is 1. The van der Waals surface area contributed by atoms with Gasteiger partial charge in [-0.05, 0) is 37.1 Å². The Hall–Kier alpha value is -1.36. The van der Waals surface area contributed by atoms with E-state index in [1.807, 2.05) is 4.90 Å². The molecule has 6 heteroatoms. The summed E-state index contributed by atoms with van der Waals surface area (Å²) in [6.45, 7) is 4.86. The van der Waals surface area contributed by atoms with Gasteiger partial charge in [-0.25, -0.2) is 4.79 Å². The Bertz CT molecular complexity index is 782. The van der Waals surface area contributed by atoms with Gasteiger partial charge in [-0.1, -0.05) is 53.0 Å². The molecule has 1 aliphatic rings. The van der Waals surface area contributed by atoms with E-state index >= 15 is 0 Å². The zero-order chi connectivity index (χ0) is 17.3. The van der Waals surface area contributed by atoms with Gasteiger partial charge in [0.1, 0.15) is 5.37 Å². The van der Waals surface area contributed by atoms with Crippen LogP contribution in [0.15, 0.2) is 36.4 Å². The number of anilines is 1. The van der Waals surface area contributed by atoms with Crippen molar-refractivity contribution >= 4 is 46.7 Å². The van der Waals surface area contributed by atoms with E-state index in [4.69, 9.17) is 23.2 Å². The first-order valence-corrected chi connectivity index (χ1v) is 9.48. The fourth-order valence-corrected chi connectivity index (χ4v) is 4.52. The number of nitrogens with one attached hydrogen (secondary N) is 1. The summed E-state index contributed by atoms with van der Waals surface area (Å²) >= 11 is 14.0. The quantitative estimate of drug-likeness (QED) is 0.704. The Morgan fingerprint density at radius 1 is 1.25 bits per heavy atom. The second-order valence-corrected chi connectivity index (χ2v) is 7.78. The molecule has 1 N–H and O–H groups in total. The summed E-state index contributed by atoms with van der Waals surface area (Å²) in [4.78, 5) is 14.6. The molecule has 2 aromatic rings. The molecule has 3 nitrogen and oxygen atoms in total. The van der Waals surface area contributed by atoms with Crippen LogP contribution >= 0.6 is 35.0 Å². The Morgan fingerprint density at radius 3 is 2.79 bits per heavy atom. The molecular formula is C18H18Cl2N2OS. The molecule has 3 rings (SSSR count). The van der Waals surface area contributed by atoms with Crippen molar-refractivity contribution in [2.45, 2.75) is 19.2 Å². The number of benzene rings is 2. The summed E-state index contributed by atoms with van der Waals surface area (Å²) in [5.74, 6) is 0.911. The van der Waals surface area contributed by atoms with Crippen LogP contribution in [0.1, 0.15) is 22.1 Å². The van der Waals surface area contributed by atoms with E-state index in [-0.39, 0.29) is 11.4 Å². The lowest BCUT2D eigenvalue weighted by Gasteiger charge is -2.26. The molecule has 24 heavy (non-hydrogen) atoms. The largest absolute Gasteiger partial charge is 0.323 e. The third kappa shape index (κ3) is 3.51. The van der Waals surface area contributed by atoms with Gasteiger partial charge >= 0.3 is 6.03 Å². The molecule has 0 bridgehead atoms. The minimum Gasteiger partial charge on any atom is -0.308 e. The molecule has 1 aliphatic heterocycles. The Morgan fingerprint density at radius 2 is 2.04 bits per heavy atom. The molecule has 1 fully saturated rings. The number of thioether (sulfide) groups is 1. The zero-order valence-electron chi connectivity index (χ0n) is 13.5. The average Bonchev–Trinajstić information content (AvgIpc) is 3.01. The van der Waals surface area contributed by atoms with Crippen molar-refractivity contribution in [3.8, 4) is 0 Å². The fraction of sp³-hybridized carbons (Fsp3) is 0.278. The molecule has 2 aromatic carbocycles. The summed E-state index contributed by atoms with van der Waals surface area (Å²) < 4.78 is 0. The molecule has 126 valence electrons. The van der Waals surface area contributed by atoms with Gasteiger partial charge in [0.15, 0.2) is 0 Å². The molecular weight excluding hydrogens is 363 g/mol. The van der Waals surface area contributed by atoms with E-state index in [0.717, 1.165) is 5.75 Å². The predicted molar refractivity (Wildman–Crippen MR) is 103 cm³/mol. The van der Waals surface area contributed by atoms with Crippen LogP contribution in [-0.4, -0.2) is 23.2 Å². The van der Waals surface area contributed by atoms with Crippen molar-refractivity contribution in [2.75, 3.05) is 17.6 Å². The van der Waals surface area contributed by atoms with Crippen molar-refractivity contribution in [3.63, 3.8) is 0 Å². The van der Waals surface area contributed by atoms with Crippen LogP contribution in [0.4, 0.5) is 10.5 Å². The van der Waals surface area contributed by atoms with Gasteiger partial charge in [0.25, 0.3) is 0 Å². The average molecular weight is 381 g/mol. The summed E-state index contributed by atoms with van der Waals surface area (Å²) in [6.07, 6.45) is 0. The third-order valence-electron chi connectivity index (χ3n) is 4.04. The monoisotopic (exact) mass is 380 g/mol. The van der Waals surface area contributed by atoms with Crippen LogP contribution < -0.4 is 5.32 Å². The zero-order valence-corrected chi connectivity index (χ0v) is 15.8. The van der Waals surface area contributed by atoms with Gasteiger partial charge in [0.2, 0.25) is 0 Å². The molecule has 1 saturated heterocycles. The van der Waals surface area contributed by atoms with Crippen LogP contribution in [-0.2, 0) is 0 Å². The van der Waals surface area contributed by atoms with Crippen LogP contribution in [0.5, 0.6) is 0 Å². The maximum absolute atomic E-state index is 12.7. The lowest BCUT2D eigenvalue weighted by molar-refractivity contribution is 0.214. The SMILES string of the molecule is Cc1ccc(C2SCCN2C(=O)Nc2cccc(Cl)c2Cl)c(C)c1. The van der Waals surface area contributed by atoms with Gasteiger partial charge in [0.05, 0.1) is 15.7 Å². The first kappa shape index (κ1) is 17.5. The number of carbonyl (C=O) groups is 1. The highest BCUT2D eigenvalue weighted by Gasteiger charge is 2.31. The number of urea groups is 1. The Labute approximate surface area is 156 Å². The summed E-state index contributed by atoms with van der Waals surface area (Å²) in [7, 11) is 0. The number of halogens is 2. The highest BCUT2D eigenvalue weighted by Crippen LogP contribution is 2.40. The number of rotatable bonds is 2. The number of carbonyl (C=O) groups excluding carboxylic acids is 1. The van der Waals surface area contributed by atoms with Crippen LogP contribution in [0.3, 0.4) is 0 Å². The van der Waals surface area contributed by atoms with Crippen molar-refractivity contribution in [1.29, 1.82) is 0 Å². The molecule has 1 unspecified atom stereocenters. The van der Waals surface area contributed by atoms with Crippen molar-refractivity contribution < 1.29 is 4.79 Å². The molecule has 0 aromatic heterocycles. The highest BCUT2D eigenvalue weighted by molar-refractivity contribution is 7.99. The minimum atomic E-state index is -0.158. The van der Waals surface area contributed by atoms with Crippen LogP contribution in [0, 0.1) is 13.8 Å². The normalized spacial score (nSPS) is 17.2. The van der Waals surface area contributed by atoms with Crippen LogP contribution in [0.2, 0.25) is 10.0 Å². The molecule has 0 saturated carbocycles. The topological polar surface area (TPSA) is 32.3 Å². The van der Waals surface area contributed by atoms with Gasteiger partial charge in [-0.3, -0.25) is 0 Å². The highest BCUT2D eigenvalue weighted by atomic mass is 35.5. The molecule has 0 spiro atoms. The Kier molecular flexibility index (Phi) is 5.28. The third-order valence-corrected chi connectivity index (χ3v) is 6.10. The van der Waals surface area contributed by atoms with E-state index in [9.17, 15) is 4.79 Å². The van der Waals surface area contributed by atoms with E-state index in [1.165, 1.54) is 16.7 Å². The van der Waals surface area contributed by atoms with Gasteiger partial charge in [-0.2, -0.15) is 0 Å². The van der Waals surface area contributed by atoms with E-state index in [0.29, 0.717) is 22.3 Å². The number of amides is 2. The summed E-state index contributed by atoms with van der Waals surface area (Å²) in [5, 5.41) is 3.69. The van der Waals surface area contributed by atoms with Crippen molar-refractivity contribution in [1.82, 2.24) is 4.90 Å². The van der Waals surface area contributed by atoms with Crippen molar-refractivity contribution in [2.24, 2.45) is 0 Å². The first-order chi connectivity index (χ1) is 11.5. The molecule has 1 atom stereocenters.